The molecule has 0 spiro atoms. The van der Waals surface area contributed by atoms with E-state index in [4.69, 9.17) is 19.7 Å². The molecule has 0 aromatic carbocycles. The normalized spacial score (nSPS) is 16.0. The van der Waals surface area contributed by atoms with Crippen molar-refractivity contribution >= 4 is 0 Å². The summed E-state index contributed by atoms with van der Waals surface area (Å²) in [7, 11) is 0. The van der Waals surface area contributed by atoms with Crippen LogP contribution in [0.25, 0.3) is 0 Å². The van der Waals surface area contributed by atoms with E-state index in [1.807, 2.05) is 6.92 Å². The summed E-state index contributed by atoms with van der Waals surface area (Å²) >= 11 is 0. The van der Waals surface area contributed by atoms with Crippen molar-refractivity contribution in [3.8, 4) is 0 Å². The Morgan fingerprint density at radius 2 is 2.08 bits per heavy atom. The van der Waals surface area contributed by atoms with Gasteiger partial charge in [0.05, 0.1) is 0 Å². The van der Waals surface area contributed by atoms with Gasteiger partial charge in [-0.15, -0.1) is 0 Å². The van der Waals surface area contributed by atoms with Crippen LogP contribution in [0.3, 0.4) is 0 Å². The highest BCUT2D eigenvalue weighted by molar-refractivity contribution is 4.43. The quantitative estimate of drug-likeness (QED) is 0.556. The summed E-state index contributed by atoms with van der Waals surface area (Å²) in [4.78, 5) is 0. The average Bonchev–Trinajstić information content (AvgIpc) is 2.01. The Morgan fingerprint density at radius 1 is 1.42 bits per heavy atom. The van der Waals surface area contributed by atoms with Crippen molar-refractivity contribution in [1.29, 1.82) is 0 Å². The molecule has 0 heterocycles. The van der Waals surface area contributed by atoms with Crippen LogP contribution in [0.15, 0.2) is 0 Å². The monoisotopic (exact) mass is 178 g/mol. The van der Waals surface area contributed by atoms with Crippen molar-refractivity contribution in [3.63, 3.8) is 0 Å². The van der Waals surface area contributed by atoms with Crippen LogP contribution in [0.5, 0.6) is 0 Å². The molecule has 0 aromatic heterocycles. The van der Waals surface area contributed by atoms with Crippen molar-refractivity contribution in [1.82, 2.24) is 0 Å². The summed E-state index contributed by atoms with van der Waals surface area (Å²) in [6.07, 6.45) is -0.240. The van der Waals surface area contributed by atoms with Crippen molar-refractivity contribution in [2.24, 2.45) is 0 Å². The molecule has 0 aliphatic heterocycles. The maximum absolute atomic E-state index is 9.16. The summed E-state index contributed by atoms with van der Waals surface area (Å²) in [5, 5.41) is 17.6. The van der Waals surface area contributed by atoms with Gasteiger partial charge in [-0.2, -0.15) is 0 Å². The number of rotatable bonds is 7. The zero-order valence-electron chi connectivity index (χ0n) is 7.69. The highest BCUT2D eigenvalue weighted by atomic mass is 16.7. The van der Waals surface area contributed by atoms with Crippen LogP contribution in [0, 0.1) is 0 Å². The first-order chi connectivity index (χ1) is 5.70. The molecule has 0 rings (SSSR count). The van der Waals surface area contributed by atoms with Crippen molar-refractivity contribution in [2.45, 2.75) is 39.3 Å². The molecule has 4 heteroatoms. The first-order valence-electron chi connectivity index (χ1n) is 4.26. The second-order valence-corrected chi connectivity index (χ2v) is 2.48. The van der Waals surface area contributed by atoms with E-state index in [1.165, 1.54) is 0 Å². The lowest BCUT2D eigenvalue weighted by Crippen LogP contribution is -2.22. The number of aliphatic hydroxyl groups excluding tert-OH is 2. The van der Waals surface area contributed by atoms with Gasteiger partial charge in [-0.05, 0) is 20.3 Å². The molecule has 0 radical (unpaired) electrons. The highest BCUT2D eigenvalue weighted by Gasteiger charge is 2.08. The van der Waals surface area contributed by atoms with Gasteiger partial charge in [0, 0.05) is 19.6 Å². The van der Waals surface area contributed by atoms with Crippen LogP contribution in [0.4, 0.5) is 0 Å². The Bertz CT molecular complexity index is 97.1. The van der Waals surface area contributed by atoms with E-state index in [0.717, 1.165) is 0 Å². The molecule has 0 aromatic rings. The zero-order valence-corrected chi connectivity index (χ0v) is 7.69. The third-order valence-electron chi connectivity index (χ3n) is 1.36. The van der Waals surface area contributed by atoms with E-state index in [1.54, 1.807) is 6.92 Å². The van der Waals surface area contributed by atoms with Gasteiger partial charge in [0.15, 0.2) is 12.6 Å². The fourth-order valence-corrected chi connectivity index (χ4v) is 0.829. The minimum absolute atomic E-state index is 0.0729. The lowest BCUT2D eigenvalue weighted by molar-refractivity contribution is -0.221. The largest absolute Gasteiger partial charge is 0.396 e. The van der Waals surface area contributed by atoms with Crippen LogP contribution >= 0.6 is 0 Å². The van der Waals surface area contributed by atoms with Crippen LogP contribution in [0.1, 0.15) is 26.7 Å². The maximum Gasteiger partial charge on any atom is 0.157 e. The molecule has 2 N–H and O–H groups in total. The highest BCUT2D eigenvalue weighted by Crippen LogP contribution is 2.03. The summed E-state index contributed by atoms with van der Waals surface area (Å²) in [6.45, 7) is 4.23. The van der Waals surface area contributed by atoms with Crippen LogP contribution in [-0.2, 0) is 9.47 Å². The molecule has 0 unspecified atom stereocenters. The number of hydrogen-bond donors (Lipinski definition) is 2. The Morgan fingerprint density at radius 3 is 2.58 bits per heavy atom. The molecule has 0 bridgehead atoms. The summed E-state index contributed by atoms with van der Waals surface area (Å²) < 4.78 is 10.1. The molecular weight excluding hydrogens is 160 g/mol. The maximum atomic E-state index is 9.16. The number of aliphatic hydroxyl groups is 2. The molecule has 2 atom stereocenters. The molecule has 12 heavy (non-hydrogen) atoms. The van der Waals surface area contributed by atoms with E-state index >= 15 is 0 Å². The Labute approximate surface area is 73.1 Å². The fraction of sp³-hybridized carbons (Fsp3) is 1.00. The van der Waals surface area contributed by atoms with Crippen molar-refractivity contribution < 1.29 is 19.7 Å². The first-order valence-corrected chi connectivity index (χ1v) is 4.26. The van der Waals surface area contributed by atoms with Gasteiger partial charge in [-0.25, -0.2) is 0 Å². The smallest absolute Gasteiger partial charge is 0.157 e. The lowest BCUT2D eigenvalue weighted by atomic mass is 10.3. The minimum Gasteiger partial charge on any atom is -0.396 e. The molecule has 0 amide bonds. The summed E-state index contributed by atoms with van der Waals surface area (Å²) in [6, 6.07) is 0. The Balaban J connectivity index is 3.33. The summed E-state index contributed by atoms with van der Waals surface area (Å²) in [5.74, 6) is 0. The second kappa shape index (κ2) is 7.49. The third kappa shape index (κ3) is 6.54. The zero-order chi connectivity index (χ0) is 9.40. The van der Waals surface area contributed by atoms with Crippen molar-refractivity contribution in [2.75, 3.05) is 13.2 Å². The van der Waals surface area contributed by atoms with Gasteiger partial charge in [0.25, 0.3) is 0 Å². The molecule has 4 nitrogen and oxygen atoms in total. The molecular formula is C8H18O4. The second-order valence-electron chi connectivity index (χ2n) is 2.48. The minimum atomic E-state index is -0.835. The first kappa shape index (κ1) is 11.8. The molecule has 74 valence electrons. The summed E-state index contributed by atoms with van der Waals surface area (Å²) in [5.41, 5.74) is 0. The van der Waals surface area contributed by atoms with Crippen molar-refractivity contribution in [3.05, 3.63) is 0 Å². The van der Waals surface area contributed by atoms with E-state index in [0.29, 0.717) is 19.4 Å². The average molecular weight is 178 g/mol. The van der Waals surface area contributed by atoms with Gasteiger partial charge in [-0.1, -0.05) is 0 Å². The molecule has 0 saturated heterocycles. The number of ether oxygens (including phenoxy) is 2. The molecule has 0 fully saturated rings. The van der Waals surface area contributed by atoms with Gasteiger partial charge in [0.2, 0.25) is 0 Å². The van der Waals surface area contributed by atoms with E-state index in [9.17, 15) is 0 Å². The van der Waals surface area contributed by atoms with E-state index < -0.39 is 6.29 Å². The molecule has 0 saturated carbocycles. The van der Waals surface area contributed by atoms with E-state index in [-0.39, 0.29) is 12.9 Å². The van der Waals surface area contributed by atoms with E-state index in [2.05, 4.69) is 0 Å². The Hall–Kier alpha value is -0.160. The SMILES string of the molecule is CCO[C@@H](C)O[C@@H](O)CCCO. The standard InChI is InChI=1S/C8H18O4/c1-3-11-7(2)12-8(10)5-4-6-9/h7-10H,3-6H2,1-2H3/t7-,8-/m1/s1. The van der Waals surface area contributed by atoms with Crippen LogP contribution in [-0.4, -0.2) is 36.0 Å². The van der Waals surface area contributed by atoms with Gasteiger partial charge in [0.1, 0.15) is 0 Å². The molecule has 0 aliphatic rings. The lowest BCUT2D eigenvalue weighted by Gasteiger charge is -2.17. The van der Waals surface area contributed by atoms with Crippen LogP contribution < -0.4 is 0 Å². The topological polar surface area (TPSA) is 58.9 Å². The van der Waals surface area contributed by atoms with Gasteiger partial charge < -0.3 is 19.7 Å². The predicted molar refractivity (Wildman–Crippen MR) is 44.5 cm³/mol. The van der Waals surface area contributed by atoms with Gasteiger partial charge >= 0.3 is 0 Å². The Kier molecular flexibility index (Phi) is 7.39. The fourth-order valence-electron chi connectivity index (χ4n) is 0.829. The molecule has 0 aliphatic carbocycles. The van der Waals surface area contributed by atoms with Gasteiger partial charge in [-0.3, -0.25) is 0 Å². The predicted octanol–water partition coefficient (Wildman–Crippen LogP) is 0.476. The van der Waals surface area contributed by atoms with Crippen LogP contribution in [0.2, 0.25) is 0 Å². The number of hydrogen-bond acceptors (Lipinski definition) is 4. The third-order valence-corrected chi connectivity index (χ3v) is 1.36.